The van der Waals surface area contributed by atoms with E-state index in [0.717, 1.165) is 27.7 Å². The number of pyridine rings is 1. The van der Waals surface area contributed by atoms with Crippen LogP contribution in [0.3, 0.4) is 0 Å². The third-order valence-corrected chi connectivity index (χ3v) is 4.10. The first-order valence-corrected chi connectivity index (χ1v) is 7.91. The van der Waals surface area contributed by atoms with E-state index in [-0.39, 0.29) is 18.0 Å². The lowest BCUT2D eigenvalue weighted by atomic mass is 10.1. The molecule has 122 valence electrons. The molecule has 0 saturated heterocycles. The topological polar surface area (TPSA) is 53.2 Å². The van der Waals surface area contributed by atoms with Crippen LogP contribution in [0.15, 0.2) is 53.3 Å². The quantitative estimate of drug-likeness (QED) is 0.800. The highest BCUT2D eigenvalue weighted by atomic mass is 16.2. The SMILES string of the molecule is CC(=O)N(Cc1cc2ccc(C)cc2[nH]c1=O)c1cccc(C)c1. The Bertz CT molecular complexity index is 973. The van der Waals surface area contributed by atoms with Crippen LogP contribution >= 0.6 is 0 Å². The Morgan fingerprint density at radius 2 is 1.79 bits per heavy atom. The van der Waals surface area contributed by atoms with Crippen molar-refractivity contribution in [1.82, 2.24) is 4.98 Å². The molecule has 0 unspecified atom stereocenters. The highest BCUT2D eigenvalue weighted by Crippen LogP contribution is 2.19. The third kappa shape index (κ3) is 3.23. The van der Waals surface area contributed by atoms with Crippen LogP contribution in [0.25, 0.3) is 10.9 Å². The van der Waals surface area contributed by atoms with Crippen molar-refractivity contribution in [2.45, 2.75) is 27.3 Å². The van der Waals surface area contributed by atoms with E-state index in [1.807, 2.05) is 62.4 Å². The Labute approximate surface area is 140 Å². The smallest absolute Gasteiger partial charge is 0.253 e. The molecular weight excluding hydrogens is 300 g/mol. The van der Waals surface area contributed by atoms with Crippen LogP contribution < -0.4 is 10.5 Å². The van der Waals surface area contributed by atoms with Gasteiger partial charge in [0.05, 0.1) is 6.54 Å². The molecule has 0 spiro atoms. The second kappa shape index (κ2) is 6.32. The highest BCUT2D eigenvalue weighted by Gasteiger charge is 2.15. The molecule has 4 nitrogen and oxygen atoms in total. The van der Waals surface area contributed by atoms with Crippen LogP contribution in [-0.2, 0) is 11.3 Å². The molecule has 0 aliphatic carbocycles. The number of H-pyrrole nitrogens is 1. The summed E-state index contributed by atoms with van der Waals surface area (Å²) in [5.74, 6) is -0.0935. The molecule has 1 N–H and O–H groups in total. The van der Waals surface area contributed by atoms with Gasteiger partial charge in [-0.3, -0.25) is 9.59 Å². The molecule has 1 amide bonds. The molecule has 0 radical (unpaired) electrons. The highest BCUT2D eigenvalue weighted by molar-refractivity contribution is 5.91. The van der Waals surface area contributed by atoms with Crippen LogP contribution in [0.5, 0.6) is 0 Å². The van der Waals surface area contributed by atoms with E-state index in [0.29, 0.717) is 5.56 Å². The molecule has 1 aromatic heterocycles. The van der Waals surface area contributed by atoms with Crippen molar-refractivity contribution in [2.75, 3.05) is 4.90 Å². The molecule has 24 heavy (non-hydrogen) atoms. The van der Waals surface area contributed by atoms with Crippen LogP contribution in [0.2, 0.25) is 0 Å². The summed E-state index contributed by atoms with van der Waals surface area (Å²) in [5, 5.41) is 0.961. The number of carbonyl (C=O) groups is 1. The van der Waals surface area contributed by atoms with E-state index in [2.05, 4.69) is 4.98 Å². The second-order valence-electron chi connectivity index (χ2n) is 6.16. The number of nitrogens with one attached hydrogen (secondary N) is 1. The number of amides is 1. The molecule has 3 rings (SSSR count). The van der Waals surface area contributed by atoms with Gasteiger partial charge in [0.25, 0.3) is 5.56 Å². The fourth-order valence-corrected chi connectivity index (χ4v) is 2.83. The van der Waals surface area contributed by atoms with Crippen molar-refractivity contribution in [3.05, 3.63) is 75.6 Å². The standard InChI is InChI=1S/C20H20N2O2/c1-13-5-4-6-18(9-13)22(15(3)23)12-17-11-16-8-7-14(2)10-19(16)21-20(17)24/h4-11H,12H2,1-3H3,(H,21,24). The fourth-order valence-electron chi connectivity index (χ4n) is 2.83. The lowest BCUT2D eigenvalue weighted by Gasteiger charge is -2.21. The number of hydrogen-bond donors (Lipinski definition) is 1. The zero-order chi connectivity index (χ0) is 17.3. The van der Waals surface area contributed by atoms with Crippen LogP contribution in [-0.4, -0.2) is 10.9 Å². The Kier molecular flexibility index (Phi) is 4.21. The van der Waals surface area contributed by atoms with Crippen molar-refractivity contribution in [3.63, 3.8) is 0 Å². The summed E-state index contributed by atoms with van der Waals surface area (Å²) in [7, 11) is 0. The van der Waals surface area contributed by atoms with Gasteiger partial charge in [0.15, 0.2) is 0 Å². The van der Waals surface area contributed by atoms with E-state index >= 15 is 0 Å². The monoisotopic (exact) mass is 320 g/mol. The van der Waals surface area contributed by atoms with E-state index in [1.165, 1.54) is 6.92 Å². The molecule has 4 heteroatoms. The van der Waals surface area contributed by atoms with Crippen molar-refractivity contribution < 1.29 is 4.79 Å². The summed E-state index contributed by atoms with van der Waals surface area (Å²) in [5.41, 5.74) is 4.19. The minimum absolute atomic E-state index is 0.0935. The van der Waals surface area contributed by atoms with Gasteiger partial charge in [-0.05, 0) is 54.6 Å². The molecule has 2 aromatic carbocycles. The van der Waals surface area contributed by atoms with Crippen molar-refractivity contribution in [2.24, 2.45) is 0 Å². The average Bonchev–Trinajstić information content (AvgIpc) is 2.52. The third-order valence-electron chi connectivity index (χ3n) is 4.10. The van der Waals surface area contributed by atoms with Crippen LogP contribution in [0.4, 0.5) is 5.69 Å². The van der Waals surface area contributed by atoms with Gasteiger partial charge in [0.2, 0.25) is 5.91 Å². The molecule has 3 aromatic rings. The summed E-state index contributed by atoms with van der Waals surface area (Å²) >= 11 is 0. The predicted octanol–water partition coefficient (Wildman–Crippen LogP) is 3.70. The van der Waals surface area contributed by atoms with Crippen molar-refractivity contribution >= 4 is 22.5 Å². The normalized spacial score (nSPS) is 10.8. The maximum Gasteiger partial charge on any atom is 0.253 e. The molecule has 0 aliphatic heterocycles. The Morgan fingerprint density at radius 1 is 1.04 bits per heavy atom. The minimum atomic E-state index is -0.160. The largest absolute Gasteiger partial charge is 0.322 e. The minimum Gasteiger partial charge on any atom is -0.322 e. The van der Waals surface area contributed by atoms with Crippen LogP contribution in [0, 0.1) is 13.8 Å². The summed E-state index contributed by atoms with van der Waals surface area (Å²) in [6.07, 6.45) is 0. The van der Waals surface area contributed by atoms with Gasteiger partial charge in [0, 0.05) is 23.7 Å². The summed E-state index contributed by atoms with van der Waals surface area (Å²) in [6.45, 7) is 5.73. The van der Waals surface area contributed by atoms with Crippen molar-refractivity contribution in [3.8, 4) is 0 Å². The number of anilines is 1. The number of rotatable bonds is 3. The summed E-state index contributed by atoms with van der Waals surface area (Å²) < 4.78 is 0. The molecular formula is C20H20N2O2. The van der Waals surface area contributed by atoms with Gasteiger partial charge >= 0.3 is 0 Å². The molecule has 0 fully saturated rings. The number of aromatic amines is 1. The Balaban J connectivity index is 2.03. The Morgan fingerprint density at radius 3 is 2.50 bits per heavy atom. The Hall–Kier alpha value is -2.88. The van der Waals surface area contributed by atoms with Crippen LogP contribution in [0.1, 0.15) is 23.6 Å². The molecule has 0 saturated carbocycles. The number of benzene rings is 2. The predicted molar refractivity (Wildman–Crippen MR) is 97.3 cm³/mol. The summed E-state index contributed by atoms with van der Waals surface area (Å²) in [4.78, 5) is 29.0. The van der Waals surface area contributed by atoms with E-state index in [9.17, 15) is 9.59 Å². The molecule has 0 bridgehead atoms. The lowest BCUT2D eigenvalue weighted by molar-refractivity contribution is -0.116. The van der Waals surface area contributed by atoms with Gasteiger partial charge < -0.3 is 9.88 Å². The fraction of sp³-hybridized carbons (Fsp3) is 0.200. The number of carbonyl (C=O) groups excluding carboxylic acids is 1. The second-order valence-corrected chi connectivity index (χ2v) is 6.16. The first kappa shape index (κ1) is 16.0. The molecule has 0 atom stereocenters. The maximum atomic E-state index is 12.4. The van der Waals surface area contributed by atoms with Crippen molar-refractivity contribution in [1.29, 1.82) is 0 Å². The number of aromatic nitrogens is 1. The van der Waals surface area contributed by atoms with Gasteiger partial charge in [-0.15, -0.1) is 0 Å². The lowest BCUT2D eigenvalue weighted by Crippen LogP contribution is -2.30. The first-order valence-electron chi connectivity index (χ1n) is 7.91. The zero-order valence-electron chi connectivity index (χ0n) is 14.1. The number of fused-ring (bicyclic) bond motifs is 1. The average molecular weight is 320 g/mol. The van der Waals surface area contributed by atoms with Gasteiger partial charge in [-0.2, -0.15) is 0 Å². The van der Waals surface area contributed by atoms with E-state index < -0.39 is 0 Å². The number of aryl methyl sites for hydroxylation is 2. The summed E-state index contributed by atoms with van der Waals surface area (Å²) in [6, 6.07) is 15.5. The van der Waals surface area contributed by atoms with Gasteiger partial charge in [-0.1, -0.05) is 24.3 Å². The first-order chi connectivity index (χ1) is 11.4. The number of nitrogens with zero attached hydrogens (tertiary/aromatic N) is 1. The number of hydrogen-bond acceptors (Lipinski definition) is 2. The molecule has 0 aliphatic rings. The molecule has 1 heterocycles. The van der Waals surface area contributed by atoms with Gasteiger partial charge in [0.1, 0.15) is 0 Å². The maximum absolute atomic E-state index is 12.4. The van der Waals surface area contributed by atoms with E-state index in [4.69, 9.17) is 0 Å². The zero-order valence-corrected chi connectivity index (χ0v) is 14.1. The van der Waals surface area contributed by atoms with E-state index in [1.54, 1.807) is 4.90 Å². The van der Waals surface area contributed by atoms with Gasteiger partial charge in [-0.25, -0.2) is 0 Å².